The van der Waals surface area contributed by atoms with Gasteiger partial charge in [-0.3, -0.25) is 0 Å². The van der Waals surface area contributed by atoms with Crippen LogP contribution in [-0.4, -0.2) is 36.4 Å². The lowest BCUT2D eigenvalue weighted by Crippen LogP contribution is -2.19. The van der Waals surface area contributed by atoms with Crippen molar-refractivity contribution < 1.29 is 10.2 Å². The van der Waals surface area contributed by atoms with Crippen LogP contribution in [0.15, 0.2) is 46.9 Å². The molecule has 0 heterocycles. The van der Waals surface area contributed by atoms with Gasteiger partial charge in [0.05, 0.1) is 4.47 Å². The second kappa shape index (κ2) is 12.8. The summed E-state index contributed by atoms with van der Waals surface area (Å²) in [4.78, 5) is 0. The van der Waals surface area contributed by atoms with Gasteiger partial charge in [-0.15, -0.1) is 0 Å². The molecule has 0 spiro atoms. The second-order valence-corrected chi connectivity index (χ2v) is 7.70. The molecule has 4 N–H and O–H groups in total. The van der Waals surface area contributed by atoms with Crippen LogP contribution in [0, 0.1) is 0 Å². The minimum absolute atomic E-state index is 0.0725. The van der Waals surface area contributed by atoms with Gasteiger partial charge in [-0.1, -0.05) is 43.2 Å². The maximum absolute atomic E-state index is 9.61. The van der Waals surface area contributed by atoms with Crippen molar-refractivity contribution >= 4 is 15.9 Å². The van der Waals surface area contributed by atoms with Crippen LogP contribution in [0.25, 0.3) is 0 Å². The van der Waals surface area contributed by atoms with E-state index in [1.54, 1.807) is 6.07 Å². The molecule has 4 nitrogen and oxygen atoms in total. The molecule has 5 heteroatoms. The normalized spacial score (nSPS) is 11.0. The molecule has 0 aliphatic carbocycles. The van der Waals surface area contributed by atoms with Gasteiger partial charge in [-0.05, 0) is 91.1 Å². The highest BCUT2D eigenvalue weighted by molar-refractivity contribution is 9.10. The van der Waals surface area contributed by atoms with Crippen molar-refractivity contribution in [2.24, 2.45) is 0 Å². The Morgan fingerprint density at radius 1 is 0.704 bits per heavy atom. The number of benzene rings is 2. The molecule has 0 aliphatic rings. The van der Waals surface area contributed by atoms with Crippen LogP contribution in [0.1, 0.15) is 36.8 Å². The van der Waals surface area contributed by atoms with Crippen molar-refractivity contribution in [1.82, 2.24) is 10.6 Å². The first-order valence-corrected chi connectivity index (χ1v) is 10.6. The van der Waals surface area contributed by atoms with Gasteiger partial charge in [0, 0.05) is 0 Å². The van der Waals surface area contributed by atoms with E-state index in [9.17, 15) is 10.2 Å². The van der Waals surface area contributed by atoms with E-state index >= 15 is 0 Å². The van der Waals surface area contributed by atoms with E-state index in [-0.39, 0.29) is 11.5 Å². The molecule has 0 saturated carbocycles. The molecule has 0 radical (unpaired) electrons. The number of unbranched alkanes of at least 4 members (excludes halogenated alkanes) is 3. The number of hydrogen-bond acceptors (Lipinski definition) is 4. The lowest BCUT2D eigenvalue weighted by Gasteiger charge is -2.08. The van der Waals surface area contributed by atoms with E-state index in [0.29, 0.717) is 4.47 Å². The average Bonchev–Trinajstić information content (AvgIpc) is 2.67. The summed E-state index contributed by atoms with van der Waals surface area (Å²) in [5.41, 5.74) is 2.40. The Morgan fingerprint density at radius 2 is 1.30 bits per heavy atom. The summed E-state index contributed by atoms with van der Waals surface area (Å²) >= 11 is 3.25. The lowest BCUT2D eigenvalue weighted by molar-refractivity contribution is 0.400. The van der Waals surface area contributed by atoms with Crippen LogP contribution >= 0.6 is 15.9 Å². The fourth-order valence-corrected chi connectivity index (χ4v) is 3.49. The molecule has 148 valence electrons. The zero-order valence-corrected chi connectivity index (χ0v) is 17.5. The molecular formula is C22H31BrN2O2. The Balaban J connectivity index is 1.39. The molecule has 0 unspecified atom stereocenters. The van der Waals surface area contributed by atoms with Crippen LogP contribution < -0.4 is 10.6 Å². The monoisotopic (exact) mass is 434 g/mol. The summed E-state index contributed by atoms with van der Waals surface area (Å²) in [6, 6.07) is 14.1. The molecule has 2 rings (SSSR count). The van der Waals surface area contributed by atoms with Gasteiger partial charge in [0.25, 0.3) is 0 Å². The van der Waals surface area contributed by atoms with Gasteiger partial charge in [-0.25, -0.2) is 0 Å². The van der Waals surface area contributed by atoms with Crippen LogP contribution in [-0.2, 0) is 12.8 Å². The summed E-state index contributed by atoms with van der Waals surface area (Å²) in [5, 5.41) is 26.1. The number of rotatable bonds is 13. The first kappa shape index (κ1) is 21.7. The van der Waals surface area contributed by atoms with Gasteiger partial charge in [0.15, 0.2) is 11.5 Å². The van der Waals surface area contributed by atoms with E-state index in [1.165, 1.54) is 31.2 Å². The summed E-state index contributed by atoms with van der Waals surface area (Å²) in [6.45, 7) is 4.04. The van der Waals surface area contributed by atoms with Crippen molar-refractivity contribution in [1.29, 1.82) is 0 Å². The molecule has 0 fully saturated rings. The Labute approximate surface area is 171 Å². The van der Waals surface area contributed by atoms with Crippen molar-refractivity contribution in [2.45, 2.75) is 38.5 Å². The van der Waals surface area contributed by atoms with E-state index in [1.807, 2.05) is 6.07 Å². The van der Waals surface area contributed by atoms with Gasteiger partial charge in [0.1, 0.15) is 0 Å². The lowest BCUT2D eigenvalue weighted by atomic mass is 10.1. The van der Waals surface area contributed by atoms with Crippen molar-refractivity contribution in [3.8, 4) is 11.5 Å². The summed E-state index contributed by atoms with van der Waals surface area (Å²) < 4.78 is 0.537. The molecule has 0 aromatic heterocycles. The molecule has 27 heavy (non-hydrogen) atoms. The highest BCUT2D eigenvalue weighted by Gasteiger charge is 2.06. The van der Waals surface area contributed by atoms with E-state index in [4.69, 9.17) is 0 Å². The Bertz CT molecular complexity index is 642. The third-order valence-corrected chi connectivity index (χ3v) is 5.19. The smallest absolute Gasteiger partial charge is 0.171 e. The molecule has 0 atom stereocenters. The third kappa shape index (κ3) is 8.78. The van der Waals surface area contributed by atoms with Crippen molar-refractivity contribution in [3.05, 3.63) is 58.1 Å². The zero-order chi connectivity index (χ0) is 19.3. The SMILES string of the molecule is Oc1cc(CCNCCCCCCNCCc2ccccc2)cc(Br)c1O. The van der Waals surface area contributed by atoms with Crippen LogP contribution in [0.3, 0.4) is 0 Å². The molecule has 0 saturated heterocycles. The Kier molecular flexibility index (Phi) is 10.3. The molecule has 2 aromatic carbocycles. The molecule has 0 amide bonds. The quantitative estimate of drug-likeness (QED) is 0.279. The van der Waals surface area contributed by atoms with Gasteiger partial charge in [0.2, 0.25) is 0 Å². The van der Waals surface area contributed by atoms with E-state index in [2.05, 4.69) is 56.9 Å². The van der Waals surface area contributed by atoms with E-state index in [0.717, 1.165) is 44.6 Å². The summed E-state index contributed by atoms with van der Waals surface area (Å²) in [7, 11) is 0. The molecule has 0 aliphatic heterocycles. The van der Waals surface area contributed by atoms with Crippen molar-refractivity contribution in [2.75, 3.05) is 26.2 Å². The number of halogens is 1. The third-order valence-electron chi connectivity index (χ3n) is 4.58. The Morgan fingerprint density at radius 3 is 1.89 bits per heavy atom. The summed E-state index contributed by atoms with van der Waals surface area (Å²) in [6.07, 6.45) is 6.86. The molecule has 0 bridgehead atoms. The minimum Gasteiger partial charge on any atom is -0.504 e. The summed E-state index contributed by atoms with van der Waals surface area (Å²) in [5.74, 6) is -0.169. The predicted octanol–water partition coefficient (Wildman–Crippen LogP) is 4.39. The predicted molar refractivity (Wildman–Crippen MR) is 116 cm³/mol. The fourth-order valence-electron chi connectivity index (χ4n) is 3.00. The first-order valence-electron chi connectivity index (χ1n) is 9.82. The highest BCUT2D eigenvalue weighted by atomic mass is 79.9. The zero-order valence-electron chi connectivity index (χ0n) is 15.9. The van der Waals surface area contributed by atoms with E-state index < -0.39 is 0 Å². The number of nitrogens with one attached hydrogen (secondary N) is 2. The number of phenolic OH excluding ortho intramolecular Hbond substituents is 2. The topological polar surface area (TPSA) is 64.5 Å². The largest absolute Gasteiger partial charge is 0.504 e. The maximum atomic E-state index is 9.61. The van der Waals surface area contributed by atoms with Gasteiger partial charge >= 0.3 is 0 Å². The Hall–Kier alpha value is -1.56. The van der Waals surface area contributed by atoms with Crippen LogP contribution in [0.4, 0.5) is 0 Å². The molecular weight excluding hydrogens is 404 g/mol. The average molecular weight is 435 g/mol. The number of phenols is 2. The van der Waals surface area contributed by atoms with Crippen molar-refractivity contribution in [3.63, 3.8) is 0 Å². The molecule has 2 aromatic rings. The van der Waals surface area contributed by atoms with Crippen LogP contribution in [0.5, 0.6) is 11.5 Å². The minimum atomic E-state index is -0.0961. The fraction of sp³-hybridized carbons (Fsp3) is 0.455. The number of aromatic hydroxyl groups is 2. The standard InChI is InChI=1S/C22H31BrN2O2/c23-20-16-19(17-21(26)22(20)27)11-15-25-13-7-2-1-6-12-24-14-10-18-8-4-3-5-9-18/h3-5,8-9,16-17,24-27H,1-2,6-7,10-15H2. The van der Waals surface area contributed by atoms with Gasteiger partial charge < -0.3 is 20.8 Å². The van der Waals surface area contributed by atoms with Crippen LogP contribution in [0.2, 0.25) is 0 Å². The first-order chi connectivity index (χ1) is 13.2. The number of hydrogen-bond donors (Lipinski definition) is 4. The maximum Gasteiger partial charge on any atom is 0.171 e. The second-order valence-electron chi connectivity index (χ2n) is 6.85. The van der Waals surface area contributed by atoms with Gasteiger partial charge in [-0.2, -0.15) is 0 Å². The highest BCUT2D eigenvalue weighted by Crippen LogP contribution is 2.34.